The number of allylic oxidation sites excluding steroid dienone is 3. The van der Waals surface area contributed by atoms with E-state index in [1.54, 1.807) is 6.92 Å². The Labute approximate surface area is 166 Å². The zero-order chi connectivity index (χ0) is 21.1. The van der Waals surface area contributed by atoms with E-state index in [0.717, 1.165) is 18.4 Å². The molecule has 0 aromatic carbocycles. The van der Waals surface area contributed by atoms with Crippen molar-refractivity contribution >= 4 is 11.9 Å². The lowest BCUT2D eigenvalue weighted by atomic mass is 9.80. The van der Waals surface area contributed by atoms with Crippen LogP contribution in [0.5, 0.6) is 0 Å². The van der Waals surface area contributed by atoms with E-state index < -0.39 is 41.8 Å². The van der Waals surface area contributed by atoms with Crippen LogP contribution in [-0.2, 0) is 19.1 Å². The van der Waals surface area contributed by atoms with Crippen molar-refractivity contribution in [3.05, 3.63) is 35.5 Å². The predicted molar refractivity (Wildman–Crippen MR) is 105 cm³/mol. The van der Waals surface area contributed by atoms with Gasteiger partial charge in [-0.05, 0) is 58.4 Å². The van der Waals surface area contributed by atoms with Gasteiger partial charge in [0.05, 0.1) is 11.7 Å². The number of aliphatic hydroxyl groups is 2. The number of hydrogen-bond donors (Lipinski definition) is 2. The van der Waals surface area contributed by atoms with Crippen LogP contribution in [0.4, 0.5) is 0 Å². The highest BCUT2D eigenvalue weighted by Gasteiger charge is 2.47. The Morgan fingerprint density at radius 3 is 2.64 bits per heavy atom. The number of fused-ring (bicyclic) bond motifs is 1. The maximum absolute atomic E-state index is 12.2. The van der Waals surface area contributed by atoms with Crippen LogP contribution in [0.2, 0.25) is 0 Å². The van der Waals surface area contributed by atoms with E-state index in [4.69, 9.17) is 9.47 Å². The Morgan fingerprint density at radius 2 is 2.00 bits per heavy atom. The van der Waals surface area contributed by atoms with Crippen molar-refractivity contribution in [3.8, 4) is 0 Å². The van der Waals surface area contributed by atoms with E-state index in [2.05, 4.69) is 12.7 Å². The predicted octanol–water partition coefficient (Wildman–Crippen LogP) is 2.98. The van der Waals surface area contributed by atoms with Crippen molar-refractivity contribution in [3.63, 3.8) is 0 Å². The summed E-state index contributed by atoms with van der Waals surface area (Å²) in [5.74, 6) is -1.59. The molecule has 28 heavy (non-hydrogen) atoms. The number of carbonyl (C=O) groups excluding carboxylic acids is 2. The highest BCUT2D eigenvalue weighted by Crippen LogP contribution is 2.38. The fraction of sp³-hybridized carbons (Fsp3) is 0.636. The molecule has 6 heteroatoms. The van der Waals surface area contributed by atoms with Gasteiger partial charge in [-0.1, -0.05) is 24.3 Å². The number of ether oxygens (including phenoxy) is 2. The lowest BCUT2D eigenvalue weighted by Gasteiger charge is -2.33. The third-order valence-electron chi connectivity index (χ3n) is 5.73. The molecular formula is C22H32O6. The van der Waals surface area contributed by atoms with E-state index in [0.29, 0.717) is 12.8 Å². The summed E-state index contributed by atoms with van der Waals surface area (Å²) < 4.78 is 11.0. The van der Waals surface area contributed by atoms with Gasteiger partial charge < -0.3 is 19.7 Å². The van der Waals surface area contributed by atoms with E-state index in [1.165, 1.54) is 12.5 Å². The summed E-state index contributed by atoms with van der Waals surface area (Å²) in [5, 5.41) is 21.4. The van der Waals surface area contributed by atoms with Crippen LogP contribution in [0.1, 0.15) is 59.8 Å². The summed E-state index contributed by atoms with van der Waals surface area (Å²) >= 11 is 0. The third-order valence-corrected chi connectivity index (χ3v) is 5.73. The smallest absolute Gasteiger partial charge is 0.334 e. The maximum Gasteiger partial charge on any atom is 0.334 e. The molecule has 156 valence electrons. The first-order valence-corrected chi connectivity index (χ1v) is 9.82. The molecule has 1 saturated heterocycles. The number of carbonyl (C=O) groups is 2. The Kier molecular flexibility index (Phi) is 7.23. The van der Waals surface area contributed by atoms with E-state index in [9.17, 15) is 19.8 Å². The first-order chi connectivity index (χ1) is 13.0. The molecule has 0 saturated carbocycles. The van der Waals surface area contributed by atoms with Gasteiger partial charge in [0.25, 0.3) is 0 Å². The van der Waals surface area contributed by atoms with E-state index >= 15 is 0 Å². The minimum Gasteiger partial charge on any atom is -0.454 e. The van der Waals surface area contributed by atoms with Gasteiger partial charge in [0.1, 0.15) is 6.10 Å². The fourth-order valence-electron chi connectivity index (χ4n) is 3.80. The summed E-state index contributed by atoms with van der Waals surface area (Å²) in [6.07, 6.45) is 4.19. The molecule has 0 unspecified atom stereocenters. The lowest BCUT2D eigenvalue weighted by molar-refractivity contribution is -0.158. The molecule has 5 atom stereocenters. The molecular weight excluding hydrogens is 360 g/mol. The Bertz CT molecular complexity index is 687. The molecule has 0 bridgehead atoms. The zero-order valence-corrected chi connectivity index (χ0v) is 17.2. The second-order valence-corrected chi connectivity index (χ2v) is 8.22. The summed E-state index contributed by atoms with van der Waals surface area (Å²) in [7, 11) is 0. The standard InChI is InChI=1S/C22H32O6/c1-13-8-6-10-14(2)19(27-16(4)23)20-17(15(3)21(25)28-20)12-18(24)22(5,26)11-7-9-13/h9-10,17-20,24,26H,3,6-8,11-12H2,1-2,4-5H3/t17-,18+,19+,20-,22-/m1/s1. The molecule has 1 heterocycles. The van der Waals surface area contributed by atoms with Crippen LogP contribution in [0.25, 0.3) is 0 Å². The maximum atomic E-state index is 12.2. The second-order valence-electron chi connectivity index (χ2n) is 8.22. The molecule has 1 fully saturated rings. The molecule has 0 radical (unpaired) electrons. The van der Waals surface area contributed by atoms with Crippen molar-refractivity contribution in [1.29, 1.82) is 0 Å². The minimum atomic E-state index is -1.32. The van der Waals surface area contributed by atoms with Gasteiger partial charge in [0.15, 0.2) is 6.10 Å². The number of rotatable bonds is 1. The second kappa shape index (κ2) is 9.05. The molecule has 2 aliphatic rings. The van der Waals surface area contributed by atoms with Gasteiger partial charge in [-0.2, -0.15) is 0 Å². The molecule has 1 aliphatic heterocycles. The Hall–Kier alpha value is -1.92. The van der Waals surface area contributed by atoms with Crippen LogP contribution in [0, 0.1) is 5.92 Å². The molecule has 1 aliphatic carbocycles. The van der Waals surface area contributed by atoms with Gasteiger partial charge >= 0.3 is 11.9 Å². The van der Waals surface area contributed by atoms with Crippen molar-refractivity contribution in [2.24, 2.45) is 5.92 Å². The zero-order valence-electron chi connectivity index (χ0n) is 17.2. The lowest BCUT2D eigenvalue weighted by Crippen LogP contribution is -2.43. The van der Waals surface area contributed by atoms with E-state index in [1.807, 2.05) is 19.9 Å². The van der Waals surface area contributed by atoms with Gasteiger partial charge in [-0.25, -0.2) is 4.79 Å². The van der Waals surface area contributed by atoms with Crippen molar-refractivity contribution in [2.75, 3.05) is 0 Å². The normalized spacial score (nSPS) is 35.2. The quantitative estimate of drug-likeness (QED) is 0.405. The van der Waals surface area contributed by atoms with Gasteiger partial charge in [0, 0.05) is 18.4 Å². The van der Waals surface area contributed by atoms with Crippen LogP contribution in [0.15, 0.2) is 35.5 Å². The van der Waals surface area contributed by atoms with Crippen LogP contribution in [0.3, 0.4) is 0 Å². The minimum absolute atomic E-state index is 0.0932. The molecule has 6 nitrogen and oxygen atoms in total. The van der Waals surface area contributed by atoms with Crippen LogP contribution in [-0.4, -0.2) is 46.1 Å². The summed E-state index contributed by atoms with van der Waals surface area (Å²) in [4.78, 5) is 23.9. The largest absolute Gasteiger partial charge is 0.454 e. The molecule has 2 N–H and O–H groups in total. The summed E-state index contributed by atoms with van der Waals surface area (Å²) in [5.41, 5.74) is 0.888. The van der Waals surface area contributed by atoms with Crippen molar-refractivity contribution < 1.29 is 29.3 Å². The number of hydrogen-bond acceptors (Lipinski definition) is 6. The van der Waals surface area contributed by atoms with Gasteiger partial charge in [-0.3, -0.25) is 4.79 Å². The van der Waals surface area contributed by atoms with Crippen LogP contribution < -0.4 is 0 Å². The van der Waals surface area contributed by atoms with E-state index in [-0.39, 0.29) is 12.0 Å². The summed E-state index contributed by atoms with van der Waals surface area (Å²) in [6.45, 7) is 10.6. The first-order valence-electron chi connectivity index (χ1n) is 9.82. The first kappa shape index (κ1) is 22.4. The molecule has 0 aromatic heterocycles. The molecule has 0 spiro atoms. The van der Waals surface area contributed by atoms with Crippen molar-refractivity contribution in [2.45, 2.75) is 83.7 Å². The average molecular weight is 392 g/mol. The highest BCUT2D eigenvalue weighted by molar-refractivity contribution is 5.91. The molecule has 2 rings (SSSR count). The summed E-state index contributed by atoms with van der Waals surface area (Å²) in [6, 6.07) is 0. The van der Waals surface area contributed by atoms with Gasteiger partial charge in [0.2, 0.25) is 0 Å². The Balaban J connectivity index is 2.43. The number of esters is 2. The Morgan fingerprint density at radius 1 is 1.32 bits per heavy atom. The topological polar surface area (TPSA) is 93.1 Å². The molecule has 0 aromatic rings. The molecule has 0 amide bonds. The van der Waals surface area contributed by atoms with Crippen molar-refractivity contribution in [1.82, 2.24) is 0 Å². The van der Waals surface area contributed by atoms with Gasteiger partial charge in [-0.15, -0.1) is 0 Å². The SMILES string of the molecule is C=C1C(=O)O[C@@H]2[C@@H]1C[C@H](O)[C@](C)(O)CCC=C(C)CCC=C(C)[C@@H]2OC(C)=O. The third kappa shape index (κ3) is 5.32. The average Bonchev–Trinajstić information content (AvgIpc) is 2.86. The highest BCUT2D eigenvalue weighted by atomic mass is 16.6. The monoisotopic (exact) mass is 392 g/mol. The van der Waals surface area contributed by atoms with Crippen LogP contribution >= 0.6 is 0 Å². The number of aliphatic hydroxyl groups excluding tert-OH is 1. The fourth-order valence-corrected chi connectivity index (χ4v) is 3.80.